The largest absolute Gasteiger partial charge is 0.460 e. The highest BCUT2D eigenvalue weighted by Gasteiger charge is 2.75. The summed E-state index contributed by atoms with van der Waals surface area (Å²) in [5.41, 5.74) is -0.665. The fourth-order valence-electron chi connectivity index (χ4n) is 3.28. The molecule has 0 aromatic heterocycles. The lowest BCUT2D eigenvalue weighted by atomic mass is 9.95. The number of hydrogen-bond donors (Lipinski definition) is 1. The molecule has 5 nitrogen and oxygen atoms in total. The number of fused-ring (bicyclic) bond motifs is 3. The van der Waals surface area contributed by atoms with Gasteiger partial charge in [-0.05, 0) is 41.2 Å². The molecule has 0 aliphatic heterocycles. The fourth-order valence-corrected chi connectivity index (χ4v) is 4.03. The third kappa shape index (κ3) is 4.69. The molecule has 1 aliphatic rings. The minimum absolute atomic E-state index is 0.184. The monoisotopic (exact) mass is 499 g/mol. The number of benzene rings is 2. The maximum atomic E-state index is 14.6. The van der Waals surface area contributed by atoms with Crippen LogP contribution in [0, 0.1) is 0 Å². The van der Waals surface area contributed by atoms with Crippen LogP contribution in [0.1, 0.15) is 23.1 Å². The van der Waals surface area contributed by atoms with Crippen molar-refractivity contribution in [3.05, 3.63) is 59.2 Å². The predicted molar refractivity (Wildman–Crippen MR) is 104 cm³/mol. The summed E-state index contributed by atoms with van der Waals surface area (Å²) in [6.07, 6.45) is -6.89. The zero-order valence-electron chi connectivity index (χ0n) is 16.5. The van der Waals surface area contributed by atoms with Crippen molar-refractivity contribution in [3.8, 4) is 11.1 Å². The van der Waals surface area contributed by atoms with Gasteiger partial charge in [-0.2, -0.15) is 39.2 Å². The minimum Gasteiger partial charge on any atom is -0.396 e. The summed E-state index contributed by atoms with van der Waals surface area (Å²) in [5.74, 6) is -13.5. The summed E-state index contributed by atoms with van der Waals surface area (Å²) < 4.78 is 122. The van der Waals surface area contributed by atoms with Gasteiger partial charge in [0, 0.05) is 12.2 Å². The Bertz CT molecular complexity index is 1180. The predicted octanol–water partition coefficient (Wildman–Crippen LogP) is 4.52. The molecule has 1 aliphatic carbocycles. The quantitative estimate of drug-likeness (QED) is 0.281. The van der Waals surface area contributed by atoms with Crippen molar-refractivity contribution in [3.63, 3.8) is 0 Å². The Kier molecular flexibility index (Phi) is 6.50. The molecular formula is C20H16F7NO4S. The third-order valence-corrected chi connectivity index (χ3v) is 6.00. The molecule has 2 aromatic carbocycles. The van der Waals surface area contributed by atoms with E-state index in [0.717, 1.165) is 23.3 Å². The Hall–Kier alpha value is -2.67. The molecule has 0 bridgehead atoms. The number of hydrogen-bond acceptors (Lipinski definition) is 5. The van der Waals surface area contributed by atoms with Gasteiger partial charge in [0.15, 0.2) is 5.71 Å². The molecule has 0 heterocycles. The van der Waals surface area contributed by atoms with Gasteiger partial charge < -0.3 is 5.11 Å². The van der Waals surface area contributed by atoms with Gasteiger partial charge in [-0.3, -0.25) is 4.28 Å². The van der Waals surface area contributed by atoms with Gasteiger partial charge >= 0.3 is 28.1 Å². The number of alkyl halides is 7. The number of halogens is 7. The molecule has 0 saturated heterocycles. The van der Waals surface area contributed by atoms with Crippen molar-refractivity contribution in [1.82, 2.24) is 0 Å². The van der Waals surface area contributed by atoms with E-state index < -0.39 is 58.2 Å². The Balaban J connectivity index is 2.10. The van der Waals surface area contributed by atoms with Crippen molar-refractivity contribution in [2.24, 2.45) is 5.16 Å². The molecule has 33 heavy (non-hydrogen) atoms. The standard InChI is InChI=1S/C20H16F7NO4S/c21-18(22,19(23,24)20(25,26)27)17(28-32-33(30,31)9-3-8-29)13-6-7-16-14(11-13)10-12-4-1-2-5-15(12)16/h1-2,4-7,11,29H,3,8-10H2/b28-17-. The average Bonchev–Trinajstić information content (AvgIpc) is 3.09. The molecule has 0 spiro atoms. The van der Waals surface area contributed by atoms with Gasteiger partial charge in [-0.25, -0.2) is 0 Å². The van der Waals surface area contributed by atoms with Crippen molar-refractivity contribution in [2.75, 3.05) is 12.4 Å². The van der Waals surface area contributed by atoms with Crippen LogP contribution in [0.4, 0.5) is 30.7 Å². The second-order valence-corrected chi connectivity index (χ2v) is 8.88. The van der Waals surface area contributed by atoms with Crippen molar-refractivity contribution in [2.45, 2.75) is 30.9 Å². The van der Waals surface area contributed by atoms with Crippen LogP contribution in [0.15, 0.2) is 47.6 Å². The summed E-state index contributed by atoms with van der Waals surface area (Å²) in [5, 5.41) is 11.2. The summed E-state index contributed by atoms with van der Waals surface area (Å²) in [6, 6.07) is 9.89. The van der Waals surface area contributed by atoms with Gasteiger partial charge in [0.2, 0.25) is 0 Å². The fraction of sp³-hybridized carbons (Fsp3) is 0.350. The van der Waals surface area contributed by atoms with Gasteiger partial charge in [-0.15, -0.1) is 0 Å². The second-order valence-electron chi connectivity index (χ2n) is 7.21. The summed E-state index contributed by atoms with van der Waals surface area (Å²) in [7, 11) is -4.75. The van der Waals surface area contributed by atoms with Crippen LogP contribution in [-0.4, -0.2) is 49.6 Å². The lowest BCUT2D eigenvalue weighted by Gasteiger charge is -2.28. The van der Waals surface area contributed by atoms with Crippen molar-refractivity contribution in [1.29, 1.82) is 0 Å². The van der Waals surface area contributed by atoms with Gasteiger partial charge in [0.25, 0.3) is 0 Å². The van der Waals surface area contributed by atoms with Gasteiger partial charge in [-0.1, -0.05) is 41.6 Å². The number of aliphatic hydroxyl groups excluding tert-OH is 1. The Labute approximate surface area is 183 Å². The number of oxime groups is 1. The molecule has 0 fully saturated rings. The molecule has 13 heteroatoms. The highest BCUT2D eigenvalue weighted by atomic mass is 32.2. The van der Waals surface area contributed by atoms with Crippen molar-refractivity contribution >= 4 is 15.8 Å². The zero-order valence-corrected chi connectivity index (χ0v) is 17.4. The van der Waals surface area contributed by atoms with Crippen LogP contribution < -0.4 is 0 Å². The van der Waals surface area contributed by atoms with E-state index in [0.29, 0.717) is 11.1 Å². The molecule has 1 N–H and O–H groups in total. The molecule has 0 amide bonds. The molecule has 0 atom stereocenters. The van der Waals surface area contributed by atoms with Crippen LogP contribution in [0.5, 0.6) is 0 Å². The highest BCUT2D eigenvalue weighted by molar-refractivity contribution is 7.86. The van der Waals surface area contributed by atoms with E-state index in [9.17, 15) is 39.2 Å². The van der Waals surface area contributed by atoms with Crippen molar-refractivity contribution < 1.29 is 48.5 Å². The van der Waals surface area contributed by atoms with Crippen LogP contribution in [0.3, 0.4) is 0 Å². The Morgan fingerprint density at radius 1 is 0.970 bits per heavy atom. The topological polar surface area (TPSA) is 76.0 Å². The van der Waals surface area contributed by atoms with Crippen LogP contribution in [0.2, 0.25) is 0 Å². The lowest BCUT2D eigenvalue weighted by molar-refractivity contribution is -0.336. The summed E-state index contributed by atoms with van der Waals surface area (Å²) in [4.78, 5) is 0. The third-order valence-electron chi connectivity index (χ3n) is 4.91. The summed E-state index contributed by atoms with van der Waals surface area (Å²) in [6.45, 7) is -0.632. The molecule has 2 aromatic rings. The first-order chi connectivity index (χ1) is 15.2. The minimum atomic E-state index is -6.67. The maximum Gasteiger partial charge on any atom is 0.460 e. The molecule has 0 unspecified atom stereocenters. The number of aliphatic hydroxyl groups is 1. The first-order valence-corrected chi connectivity index (χ1v) is 10.9. The SMILES string of the molecule is O=S(=O)(CCCO)O/N=C(/c1ccc2c(c1)Cc1ccccc1-2)C(F)(F)C(F)(F)C(F)(F)F. The lowest BCUT2D eigenvalue weighted by Crippen LogP contribution is -2.56. The first-order valence-electron chi connectivity index (χ1n) is 9.36. The van der Waals surface area contributed by atoms with Crippen LogP contribution in [-0.2, 0) is 20.8 Å². The van der Waals surface area contributed by atoms with E-state index in [2.05, 4.69) is 9.44 Å². The number of rotatable bonds is 8. The first kappa shape index (κ1) is 25.0. The molecule has 180 valence electrons. The molecular weight excluding hydrogens is 483 g/mol. The molecule has 0 saturated carbocycles. The Morgan fingerprint density at radius 2 is 1.61 bits per heavy atom. The van der Waals surface area contributed by atoms with Crippen LogP contribution in [0.25, 0.3) is 11.1 Å². The van der Waals surface area contributed by atoms with Gasteiger partial charge in [0.1, 0.15) is 0 Å². The Morgan fingerprint density at radius 3 is 2.24 bits per heavy atom. The van der Waals surface area contributed by atoms with Crippen LogP contribution >= 0.6 is 0 Å². The van der Waals surface area contributed by atoms with E-state index in [4.69, 9.17) is 5.11 Å². The number of nitrogens with zero attached hydrogens (tertiary/aromatic N) is 1. The second kappa shape index (κ2) is 8.60. The smallest absolute Gasteiger partial charge is 0.396 e. The summed E-state index contributed by atoms with van der Waals surface area (Å²) >= 11 is 0. The molecule has 3 rings (SSSR count). The highest BCUT2D eigenvalue weighted by Crippen LogP contribution is 2.48. The van der Waals surface area contributed by atoms with E-state index in [1.54, 1.807) is 24.3 Å². The van der Waals surface area contributed by atoms with E-state index >= 15 is 0 Å². The van der Waals surface area contributed by atoms with E-state index in [1.807, 2.05) is 0 Å². The van der Waals surface area contributed by atoms with Gasteiger partial charge in [0.05, 0.1) is 5.75 Å². The van der Waals surface area contributed by atoms with E-state index in [-0.39, 0.29) is 6.42 Å². The maximum absolute atomic E-state index is 14.6. The molecule has 0 radical (unpaired) electrons. The van der Waals surface area contributed by atoms with E-state index in [1.165, 1.54) is 6.07 Å². The zero-order chi connectivity index (χ0) is 24.7. The normalized spacial score (nSPS) is 14.7. The average molecular weight is 499 g/mol.